The molecule has 0 radical (unpaired) electrons. The molecular formula is C20H38N2S. The van der Waals surface area contributed by atoms with E-state index in [-0.39, 0.29) is 0 Å². The van der Waals surface area contributed by atoms with Crippen LogP contribution in [0.15, 0.2) is 18.7 Å². The van der Waals surface area contributed by atoms with Crippen LogP contribution in [0, 0.1) is 0 Å². The lowest BCUT2D eigenvalue weighted by Gasteiger charge is -2.17. The first kappa shape index (κ1) is 20.6. The molecule has 0 spiro atoms. The Morgan fingerprint density at radius 1 is 0.870 bits per heavy atom. The monoisotopic (exact) mass is 338 g/mol. The molecule has 1 aromatic rings. The molecule has 1 unspecified atom stereocenters. The highest BCUT2D eigenvalue weighted by atomic mass is 32.2. The van der Waals surface area contributed by atoms with Crippen LogP contribution in [0.2, 0.25) is 0 Å². The number of thioether (sulfide) groups is 1. The maximum atomic E-state index is 4.15. The van der Waals surface area contributed by atoms with Gasteiger partial charge in [-0.1, -0.05) is 71.6 Å². The molecule has 0 N–H and O–H groups in total. The zero-order valence-corrected chi connectivity index (χ0v) is 16.3. The third-order valence-electron chi connectivity index (χ3n) is 4.50. The van der Waals surface area contributed by atoms with Gasteiger partial charge in [0, 0.05) is 24.2 Å². The van der Waals surface area contributed by atoms with E-state index >= 15 is 0 Å². The maximum absolute atomic E-state index is 4.15. The lowest BCUT2D eigenvalue weighted by atomic mass is 10.1. The van der Waals surface area contributed by atoms with Gasteiger partial charge in [-0.2, -0.15) is 11.8 Å². The first-order valence-electron chi connectivity index (χ1n) is 9.94. The van der Waals surface area contributed by atoms with Crippen LogP contribution in [0.3, 0.4) is 0 Å². The van der Waals surface area contributed by atoms with Crippen LogP contribution in [-0.4, -0.2) is 20.6 Å². The quantitative estimate of drug-likeness (QED) is 0.312. The molecule has 0 saturated heterocycles. The van der Waals surface area contributed by atoms with E-state index in [1.54, 1.807) is 0 Å². The fourth-order valence-electron chi connectivity index (χ4n) is 2.95. The molecule has 0 aliphatic rings. The molecule has 0 aromatic carbocycles. The Balaban J connectivity index is 2.10. The van der Waals surface area contributed by atoms with Crippen LogP contribution in [0.4, 0.5) is 0 Å². The Morgan fingerprint density at radius 3 is 2.26 bits per heavy atom. The van der Waals surface area contributed by atoms with Crippen LogP contribution < -0.4 is 0 Å². The third kappa shape index (κ3) is 11.7. The van der Waals surface area contributed by atoms with E-state index in [4.69, 9.17) is 0 Å². The first-order chi connectivity index (χ1) is 11.4. The van der Waals surface area contributed by atoms with Crippen molar-refractivity contribution < 1.29 is 0 Å². The molecule has 0 bridgehead atoms. The zero-order valence-electron chi connectivity index (χ0n) is 15.5. The summed E-state index contributed by atoms with van der Waals surface area (Å²) in [6, 6.07) is 0. The van der Waals surface area contributed by atoms with Gasteiger partial charge in [-0.05, 0) is 25.0 Å². The van der Waals surface area contributed by atoms with Gasteiger partial charge in [0.1, 0.15) is 0 Å². The molecule has 0 aliphatic heterocycles. The summed E-state index contributed by atoms with van der Waals surface area (Å²) in [6.45, 7) is 5.71. The highest BCUT2D eigenvalue weighted by Crippen LogP contribution is 2.23. The number of hydrogen-bond donors (Lipinski definition) is 0. The lowest BCUT2D eigenvalue weighted by molar-refractivity contribution is 0.567. The minimum absolute atomic E-state index is 0.837. The summed E-state index contributed by atoms with van der Waals surface area (Å²) in [6.07, 6.45) is 22.7. The molecule has 2 nitrogen and oxygen atoms in total. The molecule has 3 heteroatoms. The van der Waals surface area contributed by atoms with Gasteiger partial charge in [-0.15, -0.1) is 0 Å². The van der Waals surface area contributed by atoms with Gasteiger partial charge in [0.25, 0.3) is 0 Å². The molecule has 1 heterocycles. The van der Waals surface area contributed by atoms with Gasteiger partial charge < -0.3 is 4.57 Å². The number of hydrogen-bond acceptors (Lipinski definition) is 2. The first-order valence-corrected chi connectivity index (χ1v) is 11.0. The normalized spacial score (nSPS) is 12.6. The van der Waals surface area contributed by atoms with Crippen molar-refractivity contribution in [2.24, 2.45) is 0 Å². The summed E-state index contributed by atoms with van der Waals surface area (Å²) in [7, 11) is 0. The molecule has 0 fully saturated rings. The van der Waals surface area contributed by atoms with Crippen molar-refractivity contribution in [1.29, 1.82) is 0 Å². The van der Waals surface area contributed by atoms with Gasteiger partial charge in [-0.25, -0.2) is 4.98 Å². The van der Waals surface area contributed by atoms with E-state index < -0.39 is 0 Å². The average molecular weight is 339 g/mol. The molecule has 0 amide bonds. The fourth-order valence-corrected chi connectivity index (χ4v) is 4.26. The summed E-state index contributed by atoms with van der Waals surface area (Å²) in [5, 5.41) is 0.837. The van der Waals surface area contributed by atoms with E-state index in [2.05, 4.69) is 41.4 Å². The van der Waals surface area contributed by atoms with Crippen molar-refractivity contribution in [2.45, 2.75) is 103 Å². The lowest BCUT2D eigenvalue weighted by Crippen LogP contribution is -2.08. The molecule has 134 valence electrons. The summed E-state index contributed by atoms with van der Waals surface area (Å²) in [4.78, 5) is 4.15. The molecule has 1 aromatic heterocycles. The number of rotatable bonds is 16. The van der Waals surface area contributed by atoms with Gasteiger partial charge in [0.05, 0.1) is 6.33 Å². The molecule has 1 atom stereocenters. The van der Waals surface area contributed by atoms with Crippen LogP contribution in [0.5, 0.6) is 0 Å². The van der Waals surface area contributed by atoms with E-state index in [1.807, 2.05) is 12.5 Å². The van der Waals surface area contributed by atoms with E-state index in [0.717, 1.165) is 11.8 Å². The van der Waals surface area contributed by atoms with E-state index in [0.29, 0.717) is 0 Å². The number of aromatic nitrogens is 2. The Morgan fingerprint density at radius 2 is 1.57 bits per heavy atom. The molecule has 0 aliphatic carbocycles. The minimum atomic E-state index is 0.837. The van der Waals surface area contributed by atoms with Crippen LogP contribution >= 0.6 is 11.8 Å². The van der Waals surface area contributed by atoms with Crippen molar-refractivity contribution >= 4 is 11.8 Å². The number of imidazole rings is 1. The van der Waals surface area contributed by atoms with E-state index in [9.17, 15) is 0 Å². The van der Waals surface area contributed by atoms with Gasteiger partial charge >= 0.3 is 0 Å². The largest absolute Gasteiger partial charge is 0.337 e. The second-order valence-electron chi connectivity index (χ2n) is 6.70. The summed E-state index contributed by atoms with van der Waals surface area (Å²) in [5.41, 5.74) is 0. The topological polar surface area (TPSA) is 17.8 Å². The SMILES string of the molecule is CCCCCCCCCSC(CCCCC)CCn1ccnc1. The standard InChI is InChI=1S/C20H38N2S/c1-3-5-7-8-9-10-12-18-23-20(13-11-6-4-2)14-16-22-17-15-21-19-22/h15,17,19-20H,3-14,16,18H2,1-2H3. The van der Waals surface area contributed by atoms with Crippen molar-refractivity contribution in [3.63, 3.8) is 0 Å². The summed E-state index contributed by atoms with van der Waals surface area (Å²) in [5.74, 6) is 1.36. The predicted molar refractivity (Wildman–Crippen MR) is 105 cm³/mol. The van der Waals surface area contributed by atoms with Gasteiger partial charge in [-0.3, -0.25) is 0 Å². The second kappa shape index (κ2) is 15.1. The Hall–Kier alpha value is -0.440. The highest BCUT2D eigenvalue weighted by molar-refractivity contribution is 7.99. The molecule has 23 heavy (non-hydrogen) atoms. The van der Waals surface area contributed by atoms with Gasteiger partial charge in [0.15, 0.2) is 0 Å². The van der Waals surface area contributed by atoms with Crippen molar-refractivity contribution in [3.05, 3.63) is 18.7 Å². The molecule has 1 rings (SSSR count). The molecular weight excluding hydrogens is 300 g/mol. The number of aryl methyl sites for hydroxylation is 1. The Labute approximate surface area is 148 Å². The van der Waals surface area contributed by atoms with Gasteiger partial charge in [0.2, 0.25) is 0 Å². The second-order valence-corrected chi connectivity index (χ2v) is 8.11. The zero-order chi connectivity index (χ0) is 16.6. The minimum Gasteiger partial charge on any atom is -0.337 e. The van der Waals surface area contributed by atoms with Crippen LogP contribution in [0.25, 0.3) is 0 Å². The maximum Gasteiger partial charge on any atom is 0.0945 e. The Bertz CT molecular complexity index is 337. The van der Waals surface area contributed by atoms with E-state index in [1.165, 1.54) is 82.8 Å². The van der Waals surface area contributed by atoms with Crippen molar-refractivity contribution in [2.75, 3.05) is 5.75 Å². The average Bonchev–Trinajstić information content (AvgIpc) is 3.08. The summed E-state index contributed by atoms with van der Waals surface area (Å²) >= 11 is 2.23. The Kier molecular flexibility index (Phi) is 13.5. The third-order valence-corrected chi connectivity index (χ3v) is 5.97. The van der Waals surface area contributed by atoms with Crippen molar-refractivity contribution in [3.8, 4) is 0 Å². The molecule has 0 saturated carbocycles. The van der Waals surface area contributed by atoms with Crippen LogP contribution in [-0.2, 0) is 6.54 Å². The predicted octanol–water partition coefficient (Wildman–Crippen LogP) is 6.71. The number of unbranched alkanes of at least 4 members (excludes halogenated alkanes) is 8. The smallest absolute Gasteiger partial charge is 0.0945 e. The summed E-state index contributed by atoms with van der Waals surface area (Å²) < 4.78 is 2.22. The fraction of sp³-hybridized carbons (Fsp3) is 0.850. The number of nitrogens with zero attached hydrogens (tertiary/aromatic N) is 2. The van der Waals surface area contributed by atoms with Crippen molar-refractivity contribution in [1.82, 2.24) is 9.55 Å². The van der Waals surface area contributed by atoms with Crippen LogP contribution in [0.1, 0.15) is 90.9 Å². The highest BCUT2D eigenvalue weighted by Gasteiger charge is 2.09.